The van der Waals surface area contributed by atoms with Crippen LogP contribution in [0.2, 0.25) is 0 Å². The van der Waals surface area contributed by atoms with Crippen LogP contribution in [0.5, 0.6) is 23.0 Å². The van der Waals surface area contributed by atoms with E-state index in [1.165, 1.54) is 19.2 Å². The van der Waals surface area contributed by atoms with Gasteiger partial charge in [0.05, 0.1) is 25.9 Å². The van der Waals surface area contributed by atoms with E-state index in [1.54, 1.807) is 25.1 Å². The number of carboxylic acids is 1. The summed E-state index contributed by atoms with van der Waals surface area (Å²) in [6.07, 6.45) is 0.340. The van der Waals surface area contributed by atoms with Gasteiger partial charge in [0.2, 0.25) is 0 Å². The molecule has 0 spiro atoms. The molecule has 0 aliphatic carbocycles. The second kappa shape index (κ2) is 10.4. The minimum absolute atomic E-state index is 0.00360. The second-order valence-electron chi connectivity index (χ2n) is 9.14. The molecule has 0 saturated carbocycles. The molecule has 0 fully saturated rings. The minimum atomic E-state index is -1.07. The fourth-order valence-corrected chi connectivity index (χ4v) is 3.10. The molecule has 0 aliphatic rings. The lowest BCUT2D eigenvalue weighted by molar-refractivity contribution is 0.0693. The summed E-state index contributed by atoms with van der Waals surface area (Å²) in [6, 6.07) is 7.85. The van der Waals surface area contributed by atoms with Crippen molar-refractivity contribution in [1.82, 2.24) is 0 Å². The second-order valence-corrected chi connectivity index (χ2v) is 9.14. The first-order valence-electron chi connectivity index (χ1n) is 10.5. The van der Waals surface area contributed by atoms with Gasteiger partial charge in [0.15, 0.2) is 5.78 Å². The largest absolute Gasteiger partial charge is 0.507 e. The molecule has 174 valence electrons. The lowest BCUT2D eigenvalue weighted by Gasteiger charge is -2.19. The van der Waals surface area contributed by atoms with Crippen molar-refractivity contribution < 1.29 is 34.0 Å². The molecule has 7 nitrogen and oxygen atoms in total. The number of hydrogen-bond donors (Lipinski definition) is 2. The molecule has 0 aliphatic heterocycles. The zero-order chi connectivity index (χ0) is 24.1. The molecule has 2 aromatic carbocycles. The predicted octanol–water partition coefficient (Wildman–Crippen LogP) is 5.12. The highest BCUT2D eigenvalue weighted by molar-refractivity contribution is 5.99. The highest BCUT2D eigenvalue weighted by Crippen LogP contribution is 2.33. The zero-order valence-electron chi connectivity index (χ0n) is 19.5. The van der Waals surface area contributed by atoms with Gasteiger partial charge in [-0.05, 0) is 36.6 Å². The smallest absolute Gasteiger partial charge is 0.339 e. The maximum Gasteiger partial charge on any atom is 0.339 e. The number of hydrogen-bond acceptors (Lipinski definition) is 6. The van der Waals surface area contributed by atoms with Crippen LogP contribution in [0.4, 0.5) is 0 Å². The first kappa shape index (κ1) is 25.0. The standard InChI is InChI=1S/C25H32O7/c1-15(13-31-17-7-8-19(24(28)29)22(11-17)30-6)14-32-21-10-9-18(23(27)16(21)2)20(26)12-25(3,4)5/h7-11,15,27H,12-14H2,1-6H3,(H,28,29)/t15-/m0/s1. The topological polar surface area (TPSA) is 102 Å². The summed E-state index contributed by atoms with van der Waals surface area (Å²) in [6.45, 7) is 10.3. The number of carbonyl (C=O) groups excluding carboxylic acids is 1. The first-order valence-corrected chi connectivity index (χ1v) is 10.5. The molecule has 2 N–H and O–H groups in total. The van der Waals surface area contributed by atoms with E-state index < -0.39 is 5.97 Å². The molecule has 2 rings (SSSR count). The molecule has 1 atom stereocenters. The van der Waals surface area contributed by atoms with Crippen LogP contribution in [0, 0.1) is 18.3 Å². The molecule has 0 aromatic heterocycles. The van der Waals surface area contributed by atoms with Crippen LogP contribution in [-0.4, -0.2) is 42.3 Å². The number of phenolic OH excluding ortho intramolecular Hbond substituents is 1. The van der Waals surface area contributed by atoms with Crippen LogP contribution in [0.1, 0.15) is 60.4 Å². The molecule has 0 amide bonds. The van der Waals surface area contributed by atoms with Crippen molar-refractivity contribution in [1.29, 1.82) is 0 Å². The van der Waals surface area contributed by atoms with Gasteiger partial charge in [-0.1, -0.05) is 27.7 Å². The van der Waals surface area contributed by atoms with Gasteiger partial charge in [-0.15, -0.1) is 0 Å². The van der Waals surface area contributed by atoms with Gasteiger partial charge in [0.25, 0.3) is 0 Å². The Morgan fingerprint density at radius 1 is 1.00 bits per heavy atom. The van der Waals surface area contributed by atoms with Crippen molar-refractivity contribution in [2.24, 2.45) is 11.3 Å². The summed E-state index contributed by atoms with van der Waals surface area (Å²) in [7, 11) is 1.40. The Bertz CT molecular complexity index is 973. The van der Waals surface area contributed by atoms with Crippen LogP contribution in [-0.2, 0) is 0 Å². The van der Waals surface area contributed by atoms with Crippen LogP contribution < -0.4 is 14.2 Å². The monoisotopic (exact) mass is 444 g/mol. The molecule has 32 heavy (non-hydrogen) atoms. The van der Waals surface area contributed by atoms with E-state index in [2.05, 4.69) is 0 Å². The van der Waals surface area contributed by atoms with Crippen molar-refractivity contribution in [3.63, 3.8) is 0 Å². The maximum absolute atomic E-state index is 12.5. The lowest BCUT2D eigenvalue weighted by atomic mass is 9.87. The van der Waals surface area contributed by atoms with Crippen molar-refractivity contribution in [3.8, 4) is 23.0 Å². The van der Waals surface area contributed by atoms with Crippen LogP contribution >= 0.6 is 0 Å². The molecule has 2 aromatic rings. The van der Waals surface area contributed by atoms with Gasteiger partial charge < -0.3 is 24.4 Å². The summed E-state index contributed by atoms with van der Waals surface area (Å²) in [5.74, 6) is 0.0142. The van der Waals surface area contributed by atoms with E-state index in [-0.39, 0.29) is 34.2 Å². The van der Waals surface area contributed by atoms with Gasteiger partial charge in [-0.25, -0.2) is 4.79 Å². The summed E-state index contributed by atoms with van der Waals surface area (Å²) in [5.41, 5.74) is 0.725. The SMILES string of the molecule is COc1cc(OC[C@H](C)COc2ccc(C(=O)CC(C)(C)C)c(O)c2C)ccc1C(=O)O. The zero-order valence-corrected chi connectivity index (χ0v) is 19.5. The Labute approximate surface area is 188 Å². The molecule has 0 saturated heterocycles. The van der Waals surface area contributed by atoms with E-state index in [4.69, 9.17) is 19.3 Å². The number of benzene rings is 2. The first-order chi connectivity index (χ1) is 14.9. The van der Waals surface area contributed by atoms with Gasteiger partial charge in [-0.3, -0.25) is 4.79 Å². The van der Waals surface area contributed by atoms with Crippen molar-refractivity contribution in [2.45, 2.75) is 41.0 Å². The van der Waals surface area contributed by atoms with Crippen molar-refractivity contribution in [2.75, 3.05) is 20.3 Å². The number of aromatic carboxylic acids is 1. The van der Waals surface area contributed by atoms with Gasteiger partial charge in [0, 0.05) is 24.0 Å². The molecule has 0 radical (unpaired) electrons. The van der Waals surface area contributed by atoms with E-state index in [0.29, 0.717) is 42.3 Å². The molecule has 0 bridgehead atoms. The normalized spacial score (nSPS) is 12.2. The van der Waals surface area contributed by atoms with Gasteiger partial charge >= 0.3 is 5.97 Å². The third kappa shape index (κ3) is 6.64. The molecule has 0 unspecified atom stereocenters. The average Bonchev–Trinajstić information content (AvgIpc) is 2.71. The van der Waals surface area contributed by atoms with E-state index >= 15 is 0 Å². The highest BCUT2D eigenvalue weighted by atomic mass is 16.5. The maximum atomic E-state index is 12.5. The summed E-state index contributed by atoms with van der Waals surface area (Å²) < 4.78 is 16.7. The number of carbonyl (C=O) groups is 2. The molecular formula is C25H32O7. The van der Waals surface area contributed by atoms with Crippen LogP contribution in [0.3, 0.4) is 0 Å². The minimum Gasteiger partial charge on any atom is -0.507 e. The van der Waals surface area contributed by atoms with Crippen molar-refractivity contribution in [3.05, 3.63) is 47.0 Å². The quantitative estimate of drug-likeness (QED) is 0.490. The third-order valence-electron chi connectivity index (χ3n) is 4.83. The van der Waals surface area contributed by atoms with E-state index in [0.717, 1.165) is 0 Å². The Hall–Kier alpha value is -3.22. The Morgan fingerprint density at radius 2 is 1.62 bits per heavy atom. The number of ether oxygens (including phenoxy) is 3. The number of carboxylic acid groups (broad SMARTS) is 1. The summed E-state index contributed by atoms with van der Waals surface area (Å²) in [5, 5.41) is 19.6. The molecule has 7 heteroatoms. The number of Topliss-reactive ketones (excluding diaryl/α,β-unsaturated/α-hetero) is 1. The predicted molar refractivity (Wildman–Crippen MR) is 121 cm³/mol. The Kier molecular flexibility index (Phi) is 8.14. The van der Waals surface area contributed by atoms with E-state index in [9.17, 15) is 14.7 Å². The number of aromatic hydroxyl groups is 1. The fourth-order valence-electron chi connectivity index (χ4n) is 3.10. The van der Waals surface area contributed by atoms with Crippen LogP contribution in [0.25, 0.3) is 0 Å². The molecular weight excluding hydrogens is 412 g/mol. The number of methoxy groups -OCH3 is 1. The van der Waals surface area contributed by atoms with E-state index in [1.807, 2.05) is 27.7 Å². The van der Waals surface area contributed by atoms with Crippen LogP contribution in [0.15, 0.2) is 30.3 Å². The summed E-state index contributed by atoms with van der Waals surface area (Å²) in [4.78, 5) is 23.7. The third-order valence-corrected chi connectivity index (χ3v) is 4.83. The van der Waals surface area contributed by atoms with Gasteiger partial charge in [0.1, 0.15) is 28.6 Å². The number of ketones is 1. The Balaban J connectivity index is 1.97. The lowest BCUT2D eigenvalue weighted by Crippen LogP contribution is -2.17. The Morgan fingerprint density at radius 3 is 2.22 bits per heavy atom. The summed E-state index contributed by atoms with van der Waals surface area (Å²) >= 11 is 0. The van der Waals surface area contributed by atoms with Gasteiger partial charge in [-0.2, -0.15) is 0 Å². The van der Waals surface area contributed by atoms with Crippen molar-refractivity contribution >= 4 is 11.8 Å². The number of rotatable bonds is 10. The average molecular weight is 445 g/mol. The highest BCUT2D eigenvalue weighted by Gasteiger charge is 2.22. The molecule has 0 heterocycles. The number of phenols is 1. The fraction of sp³-hybridized carbons (Fsp3) is 0.440.